The lowest BCUT2D eigenvalue weighted by Crippen LogP contribution is -2.56. The molecule has 0 bridgehead atoms. The minimum absolute atomic E-state index is 0.0809. The van der Waals surface area contributed by atoms with Crippen molar-refractivity contribution in [2.75, 3.05) is 7.11 Å². The van der Waals surface area contributed by atoms with E-state index in [9.17, 15) is 14.4 Å². The molecule has 39 heavy (non-hydrogen) atoms. The Bertz CT molecular complexity index is 1490. The number of methoxy groups -OCH3 is 1. The number of ether oxygens (including phenoxy) is 2. The molecule has 9 heteroatoms. The zero-order chi connectivity index (χ0) is 27.2. The Morgan fingerprint density at radius 2 is 1.64 bits per heavy atom. The Hall–Kier alpha value is -4.79. The summed E-state index contributed by atoms with van der Waals surface area (Å²) < 4.78 is 10.5. The number of para-hydroxylation sites is 2. The van der Waals surface area contributed by atoms with Crippen molar-refractivity contribution in [2.24, 2.45) is 0 Å². The average molecular weight is 525 g/mol. The first kappa shape index (κ1) is 25.8. The minimum atomic E-state index is -1.02. The van der Waals surface area contributed by atoms with E-state index >= 15 is 0 Å². The maximum Gasteiger partial charge on any atom is 0.411 e. The lowest BCUT2D eigenvalue weighted by Gasteiger charge is -2.35. The second kappa shape index (κ2) is 11.7. The smallest absolute Gasteiger partial charge is 0.411 e. The van der Waals surface area contributed by atoms with Crippen molar-refractivity contribution in [3.8, 4) is 0 Å². The molecule has 2 atom stereocenters. The van der Waals surface area contributed by atoms with Crippen LogP contribution in [-0.2, 0) is 45.1 Å². The Morgan fingerprint density at radius 1 is 0.949 bits per heavy atom. The summed E-state index contributed by atoms with van der Waals surface area (Å²) >= 11 is 0. The third-order valence-corrected chi connectivity index (χ3v) is 6.70. The van der Waals surface area contributed by atoms with Crippen molar-refractivity contribution in [1.82, 2.24) is 20.2 Å². The summed E-state index contributed by atoms with van der Waals surface area (Å²) in [6.45, 7) is 0.290. The maximum atomic E-state index is 13.6. The molecule has 0 aliphatic carbocycles. The molecule has 2 amide bonds. The molecular weight excluding hydrogens is 496 g/mol. The Labute approximate surface area is 225 Å². The van der Waals surface area contributed by atoms with Crippen LogP contribution in [0.4, 0.5) is 4.79 Å². The summed E-state index contributed by atoms with van der Waals surface area (Å²) in [7, 11) is 1.26. The monoisotopic (exact) mass is 524 g/mol. The summed E-state index contributed by atoms with van der Waals surface area (Å²) in [4.78, 5) is 49.9. The highest BCUT2D eigenvalue weighted by atomic mass is 16.6. The summed E-state index contributed by atoms with van der Waals surface area (Å²) in [6.07, 6.45) is 1.34. The number of benzene rings is 3. The topological polar surface area (TPSA) is 111 Å². The maximum absolute atomic E-state index is 13.6. The van der Waals surface area contributed by atoms with Crippen LogP contribution in [0.2, 0.25) is 0 Å². The molecule has 0 radical (unpaired) electrons. The van der Waals surface area contributed by atoms with Crippen LogP contribution < -0.4 is 5.32 Å². The second-order valence-electron chi connectivity index (χ2n) is 9.30. The zero-order valence-corrected chi connectivity index (χ0v) is 21.4. The molecule has 1 aromatic heterocycles. The largest absolute Gasteiger partial charge is 0.467 e. The highest BCUT2D eigenvalue weighted by Gasteiger charge is 2.37. The van der Waals surface area contributed by atoms with Gasteiger partial charge in [-0.1, -0.05) is 66.7 Å². The average Bonchev–Trinajstić information content (AvgIpc) is 2.98. The summed E-state index contributed by atoms with van der Waals surface area (Å²) in [6, 6.07) is 22.5. The molecule has 0 saturated carbocycles. The summed E-state index contributed by atoms with van der Waals surface area (Å²) in [5.41, 5.74) is 4.67. The SMILES string of the molecule is COC(=O)[C@@H](Cc1cnc2ccccc2n1)NC(=O)[C@@H]1Cc2ccccc2CN1C(=O)OCc1ccccc1. The summed E-state index contributed by atoms with van der Waals surface area (Å²) in [5.74, 6) is -1.10. The van der Waals surface area contributed by atoms with Crippen molar-refractivity contribution in [3.63, 3.8) is 0 Å². The number of nitrogens with zero attached hydrogens (tertiary/aromatic N) is 3. The van der Waals surface area contributed by atoms with Crippen LogP contribution in [0.3, 0.4) is 0 Å². The molecule has 198 valence electrons. The predicted octanol–water partition coefficient (Wildman–Crippen LogP) is 3.59. The van der Waals surface area contributed by atoms with E-state index in [2.05, 4.69) is 15.3 Å². The van der Waals surface area contributed by atoms with Crippen molar-refractivity contribution in [1.29, 1.82) is 0 Å². The van der Waals surface area contributed by atoms with Crippen LogP contribution in [0.1, 0.15) is 22.4 Å². The number of carbonyl (C=O) groups excluding carboxylic acids is 3. The predicted molar refractivity (Wildman–Crippen MR) is 143 cm³/mol. The van der Waals surface area contributed by atoms with E-state index in [4.69, 9.17) is 9.47 Å². The molecule has 3 aromatic carbocycles. The first-order chi connectivity index (χ1) is 19.0. The van der Waals surface area contributed by atoms with Gasteiger partial charge in [0.2, 0.25) is 5.91 Å². The molecule has 1 N–H and O–H groups in total. The number of carbonyl (C=O) groups is 3. The molecule has 9 nitrogen and oxygen atoms in total. The Morgan fingerprint density at radius 3 is 2.41 bits per heavy atom. The van der Waals surface area contributed by atoms with E-state index in [1.807, 2.05) is 78.9 Å². The molecule has 0 saturated heterocycles. The molecule has 4 aromatic rings. The van der Waals surface area contributed by atoms with E-state index in [1.54, 1.807) is 6.20 Å². The molecule has 1 aliphatic rings. The number of hydrogen-bond acceptors (Lipinski definition) is 7. The van der Waals surface area contributed by atoms with Gasteiger partial charge >= 0.3 is 12.1 Å². The van der Waals surface area contributed by atoms with Crippen LogP contribution >= 0.6 is 0 Å². The molecule has 0 unspecified atom stereocenters. The number of nitrogens with one attached hydrogen (secondary N) is 1. The lowest BCUT2D eigenvalue weighted by atomic mass is 9.93. The number of hydrogen-bond donors (Lipinski definition) is 1. The van der Waals surface area contributed by atoms with Gasteiger partial charge in [0.25, 0.3) is 0 Å². The fraction of sp³-hybridized carbons (Fsp3) is 0.233. The van der Waals surface area contributed by atoms with Crippen molar-refractivity contribution in [3.05, 3.63) is 107 Å². The first-order valence-corrected chi connectivity index (χ1v) is 12.6. The number of aromatic nitrogens is 2. The van der Waals surface area contributed by atoms with Crippen LogP contribution in [-0.4, -0.2) is 52.0 Å². The third-order valence-electron chi connectivity index (χ3n) is 6.70. The lowest BCUT2D eigenvalue weighted by molar-refractivity contribution is -0.145. The molecule has 1 aliphatic heterocycles. The van der Waals surface area contributed by atoms with Gasteiger partial charge in [0.05, 0.1) is 30.4 Å². The fourth-order valence-corrected chi connectivity index (χ4v) is 4.66. The van der Waals surface area contributed by atoms with Gasteiger partial charge < -0.3 is 14.8 Å². The third kappa shape index (κ3) is 6.04. The Kier molecular flexibility index (Phi) is 7.77. The van der Waals surface area contributed by atoms with Gasteiger partial charge in [0, 0.05) is 19.0 Å². The van der Waals surface area contributed by atoms with E-state index in [0.29, 0.717) is 11.2 Å². The van der Waals surface area contributed by atoms with Crippen LogP contribution in [0.5, 0.6) is 0 Å². The van der Waals surface area contributed by atoms with Gasteiger partial charge in [-0.25, -0.2) is 14.6 Å². The van der Waals surface area contributed by atoms with Gasteiger partial charge in [-0.2, -0.15) is 0 Å². The van der Waals surface area contributed by atoms with Gasteiger partial charge in [-0.3, -0.25) is 14.7 Å². The number of rotatable bonds is 7. The first-order valence-electron chi connectivity index (χ1n) is 12.6. The van der Waals surface area contributed by atoms with Gasteiger partial charge in [0.15, 0.2) is 0 Å². The van der Waals surface area contributed by atoms with E-state index < -0.39 is 30.1 Å². The summed E-state index contributed by atoms with van der Waals surface area (Å²) in [5, 5.41) is 2.79. The van der Waals surface area contributed by atoms with Crippen LogP contribution in [0.15, 0.2) is 85.1 Å². The Balaban J connectivity index is 1.35. The van der Waals surface area contributed by atoms with Gasteiger partial charge in [-0.05, 0) is 28.8 Å². The highest BCUT2D eigenvalue weighted by Crippen LogP contribution is 2.25. The van der Waals surface area contributed by atoms with Crippen molar-refractivity contribution < 1.29 is 23.9 Å². The molecule has 0 fully saturated rings. The molecule has 2 heterocycles. The van der Waals surface area contributed by atoms with Crippen LogP contribution in [0, 0.1) is 0 Å². The zero-order valence-electron chi connectivity index (χ0n) is 21.4. The van der Waals surface area contributed by atoms with Crippen molar-refractivity contribution in [2.45, 2.75) is 38.1 Å². The standard InChI is InChI=1S/C30H28N4O5/c1-38-29(36)26(16-23-17-31-24-13-7-8-14-25(24)32-23)33-28(35)27-15-21-11-5-6-12-22(21)18-34(27)30(37)39-19-20-9-3-2-4-10-20/h2-14,17,26-27H,15-16,18-19H2,1H3,(H,33,35)/t26-,27+/m1/s1. The van der Waals surface area contributed by atoms with Gasteiger partial charge in [-0.15, -0.1) is 0 Å². The van der Waals surface area contributed by atoms with Crippen molar-refractivity contribution >= 4 is 29.0 Å². The number of fused-ring (bicyclic) bond motifs is 2. The van der Waals surface area contributed by atoms with E-state index in [1.165, 1.54) is 12.0 Å². The van der Waals surface area contributed by atoms with E-state index in [0.717, 1.165) is 22.2 Å². The van der Waals surface area contributed by atoms with E-state index in [-0.39, 0.29) is 26.0 Å². The highest BCUT2D eigenvalue weighted by molar-refractivity contribution is 5.90. The fourth-order valence-electron chi connectivity index (χ4n) is 4.66. The molecule has 0 spiro atoms. The molecular formula is C30H28N4O5. The normalized spacial score (nSPS) is 15.2. The second-order valence-corrected chi connectivity index (χ2v) is 9.30. The quantitative estimate of drug-likeness (QED) is 0.368. The minimum Gasteiger partial charge on any atom is -0.467 e. The van der Waals surface area contributed by atoms with Gasteiger partial charge in [0.1, 0.15) is 18.7 Å². The van der Waals surface area contributed by atoms with Crippen LogP contribution in [0.25, 0.3) is 11.0 Å². The number of esters is 1. The molecule has 5 rings (SSSR count). The number of amides is 2.